The zero-order valence-electron chi connectivity index (χ0n) is 17.9. The van der Waals surface area contributed by atoms with E-state index in [9.17, 15) is 4.79 Å². The first-order chi connectivity index (χ1) is 14.3. The Bertz CT molecular complexity index is 1070. The standard InChI is InChI=1S/C23H27ClN4OS/c1-14-7-5-6-12-27(14)22(29)21-16(3)25-23(30-21)28-17(4)20(15(2)26-28)13-18-8-10-19(24)11-9-18/h8-11,14H,5-7,12-13H2,1-4H3/t14-/m1/s1. The third-order valence-electron chi connectivity index (χ3n) is 5.96. The quantitative estimate of drug-likeness (QED) is 0.535. The van der Waals surface area contributed by atoms with E-state index >= 15 is 0 Å². The van der Waals surface area contributed by atoms with Crippen molar-refractivity contribution in [3.8, 4) is 5.13 Å². The largest absolute Gasteiger partial charge is 0.335 e. The summed E-state index contributed by atoms with van der Waals surface area (Å²) in [4.78, 5) is 20.6. The predicted octanol–water partition coefficient (Wildman–Crippen LogP) is 5.51. The zero-order chi connectivity index (χ0) is 21.4. The van der Waals surface area contributed by atoms with Crippen molar-refractivity contribution in [2.75, 3.05) is 6.54 Å². The summed E-state index contributed by atoms with van der Waals surface area (Å²) in [6.45, 7) is 8.98. The van der Waals surface area contributed by atoms with Crippen molar-refractivity contribution in [1.29, 1.82) is 0 Å². The number of rotatable bonds is 4. The van der Waals surface area contributed by atoms with Gasteiger partial charge in [0.25, 0.3) is 5.91 Å². The number of hydrogen-bond donors (Lipinski definition) is 0. The minimum Gasteiger partial charge on any atom is -0.335 e. The average molecular weight is 443 g/mol. The zero-order valence-corrected chi connectivity index (χ0v) is 19.5. The number of aromatic nitrogens is 3. The highest BCUT2D eigenvalue weighted by Gasteiger charge is 2.28. The summed E-state index contributed by atoms with van der Waals surface area (Å²) in [5, 5.41) is 6.24. The first-order valence-corrected chi connectivity index (χ1v) is 11.6. The molecule has 1 fully saturated rings. The molecule has 0 unspecified atom stereocenters. The van der Waals surface area contributed by atoms with Gasteiger partial charge in [0.15, 0.2) is 0 Å². The van der Waals surface area contributed by atoms with E-state index in [0.717, 1.165) is 57.9 Å². The van der Waals surface area contributed by atoms with Crippen molar-refractivity contribution in [3.63, 3.8) is 0 Å². The fourth-order valence-electron chi connectivity index (χ4n) is 4.12. The Balaban J connectivity index is 1.63. The molecule has 1 aliphatic rings. The summed E-state index contributed by atoms with van der Waals surface area (Å²) < 4.78 is 1.88. The Morgan fingerprint density at radius 1 is 1.17 bits per heavy atom. The van der Waals surface area contributed by atoms with Crippen molar-refractivity contribution in [2.45, 2.75) is 59.4 Å². The van der Waals surface area contributed by atoms with E-state index in [-0.39, 0.29) is 11.9 Å². The first kappa shape index (κ1) is 21.1. The van der Waals surface area contributed by atoms with Gasteiger partial charge in [-0.2, -0.15) is 5.10 Å². The highest BCUT2D eigenvalue weighted by Crippen LogP contribution is 2.29. The molecule has 0 aliphatic carbocycles. The molecular formula is C23H27ClN4OS. The lowest BCUT2D eigenvalue weighted by Crippen LogP contribution is -2.41. The summed E-state index contributed by atoms with van der Waals surface area (Å²) in [5.41, 5.74) is 5.19. The Labute approximate surface area is 186 Å². The lowest BCUT2D eigenvalue weighted by atomic mass is 10.0. The second-order valence-corrected chi connectivity index (χ2v) is 9.53. The minimum atomic E-state index is 0.103. The molecule has 3 heterocycles. The van der Waals surface area contributed by atoms with Gasteiger partial charge in [0.1, 0.15) is 4.88 Å². The molecule has 5 nitrogen and oxygen atoms in total. The van der Waals surface area contributed by atoms with Gasteiger partial charge in [0, 0.05) is 35.3 Å². The molecule has 158 valence electrons. The highest BCUT2D eigenvalue weighted by molar-refractivity contribution is 7.16. The van der Waals surface area contributed by atoms with Gasteiger partial charge < -0.3 is 4.90 Å². The molecule has 1 aromatic carbocycles. The number of piperidine rings is 1. The van der Waals surface area contributed by atoms with Crippen LogP contribution in [0, 0.1) is 20.8 Å². The minimum absolute atomic E-state index is 0.103. The van der Waals surface area contributed by atoms with Gasteiger partial charge in [-0.15, -0.1) is 0 Å². The molecule has 1 saturated heterocycles. The van der Waals surface area contributed by atoms with Crippen LogP contribution in [0.1, 0.15) is 64.1 Å². The van der Waals surface area contributed by atoms with E-state index in [1.54, 1.807) is 0 Å². The Kier molecular flexibility index (Phi) is 5.98. The smallest absolute Gasteiger partial charge is 0.266 e. The van der Waals surface area contributed by atoms with E-state index in [0.29, 0.717) is 0 Å². The lowest BCUT2D eigenvalue weighted by molar-refractivity contribution is 0.0639. The number of amides is 1. The molecule has 1 amide bonds. The van der Waals surface area contributed by atoms with Crippen LogP contribution in [-0.2, 0) is 6.42 Å². The molecule has 7 heteroatoms. The maximum absolute atomic E-state index is 13.2. The fraction of sp³-hybridized carbons (Fsp3) is 0.435. The van der Waals surface area contributed by atoms with Crippen LogP contribution in [0.2, 0.25) is 5.02 Å². The fourth-order valence-corrected chi connectivity index (χ4v) is 5.28. The summed E-state index contributed by atoms with van der Waals surface area (Å²) in [6, 6.07) is 8.20. The van der Waals surface area contributed by atoms with Gasteiger partial charge in [0.05, 0.1) is 11.4 Å². The van der Waals surface area contributed by atoms with Gasteiger partial charge in [-0.25, -0.2) is 9.67 Å². The number of aryl methyl sites for hydroxylation is 2. The van der Waals surface area contributed by atoms with E-state index < -0.39 is 0 Å². The van der Waals surface area contributed by atoms with Crippen LogP contribution < -0.4 is 0 Å². The Hall–Kier alpha value is -2.18. The SMILES string of the molecule is Cc1nc(-n2nc(C)c(Cc3ccc(Cl)cc3)c2C)sc1C(=O)N1CCCC[C@H]1C. The van der Waals surface area contributed by atoms with Crippen molar-refractivity contribution in [2.24, 2.45) is 0 Å². The number of thiazole rings is 1. The number of carbonyl (C=O) groups excluding carboxylic acids is 1. The number of halogens is 1. The van der Waals surface area contributed by atoms with Gasteiger partial charge in [-0.05, 0) is 64.7 Å². The van der Waals surface area contributed by atoms with Gasteiger partial charge in [0.2, 0.25) is 5.13 Å². The van der Waals surface area contributed by atoms with E-state index in [1.807, 2.05) is 47.7 Å². The molecule has 4 rings (SSSR count). The van der Waals surface area contributed by atoms with Crippen LogP contribution >= 0.6 is 22.9 Å². The third-order valence-corrected chi connectivity index (χ3v) is 7.33. The number of benzene rings is 1. The van der Waals surface area contributed by atoms with Crippen molar-refractivity contribution >= 4 is 28.8 Å². The van der Waals surface area contributed by atoms with Gasteiger partial charge in [-0.1, -0.05) is 35.1 Å². The second kappa shape index (κ2) is 8.52. The summed E-state index contributed by atoms with van der Waals surface area (Å²) >= 11 is 7.46. The normalized spacial score (nSPS) is 16.8. The molecule has 1 atom stereocenters. The van der Waals surface area contributed by atoms with E-state index in [2.05, 4.69) is 13.8 Å². The van der Waals surface area contributed by atoms with Crippen LogP contribution in [0.4, 0.5) is 0 Å². The average Bonchev–Trinajstić information content (AvgIpc) is 3.24. The molecule has 0 spiro atoms. The van der Waals surface area contributed by atoms with Crippen LogP contribution in [0.25, 0.3) is 5.13 Å². The molecule has 0 radical (unpaired) electrons. The molecule has 1 aliphatic heterocycles. The lowest BCUT2D eigenvalue weighted by Gasteiger charge is -2.33. The predicted molar refractivity (Wildman–Crippen MR) is 122 cm³/mol. The second-order valence-electron chi connectivity index (χ2n) is 8.12. The number of nitrogens with zero attached hydrogens (tertiary/aromatic N) is 4. The number of hydrogen-bond acceptors (Lipinski definition) is 4. The summed E-state index contributed by atoms with van der Waals surface area (Å²) in [5.74, 6) is 0.103. The van der Waals surface area contributed by atoms with E-state index in [1.165, 1.54) is 28.9 Å². The van der Waals surface area contributed by atoms with Crippen LogP contribution in [-0.4, -0.2) is 38.2 Å². The molecule has 0 N–H and O–H groups in total. The first-order valence-electron chi connectivity index (χ1n) is 10.4. The maximum Gasteiger partial charge on any atom is 0.266 e. The maximum atomic E-state index is 13.2. The summed E-state index contributed by atoms with van der Waals surface area (Å²) in [6.07, 6.45) is 4.13. The van der Waals surface area contributed by atoms with Crippen LogP contribution in [0.15, 0.2) is 24.3 Å². The van der Waals surface area contributed by atoms with Crippen molar-refractivity contribution < 1.29 is 4.79 Å². The Morgan fingerprint density at radius 3 is 2.60 bits per heavy atom. The van der Waals surface area contributed by atoms with Gasteiger partial charge in [-0.3, -0.25) is 4.79 Å². The molecular weight excluding hydrogens is 416 g/mol. The third kappa shape index (κ3) is 4.03. The molecule has 3 aromatic rings. The molecule has 0 saturated carbocycles. The van der Waals surface area contributed by atoms with Crippen LogP contribution in [0.5, 0.6) is 0 Å². The summed E-state index contributed by atoms with van der Waals surface area (Å²) in [7, 11) is 0. The highest BCUT2D eigenvalue weighted by atomic mass is 35.5. The number of likely N-dealkylation sites (tertiary alicyclic amines) is 1. The topological polar surface area (TPSA) is 51.0 Å². The van der Waals surface area contributed by atoms with E-state index in [4.69, 9.17) is 21.7 Å². The van der Waals surface area contributed by atoms with Crippen LogP contribution in [0.3, 0.4) is 0 Å². The molecule has 0 bridgehead atoms. The number of carbonyl (C=O) groups is 1. The Morgan fingerprint density at radius 2 is 1.90 bits per heavy atom. The van der Waals surface area contributed by atoms with Gasteiger partial charge >= 0.3 is 0 Å². The molecule has 2 aromatic heterocycles. The van der Waals surface area contributed by atoms with Crippen molar-refractivity contribution in [1.82, 2.24) is 19.7 Å². The molecule has 30 heavy (non-hydrogen) atoms. The van der Waals surface area contributed by atoms with Crippen molar-refractivity contribution in [3.05, 3.63) is 62.4 Å². The monoisotopic (exact) mass is 442 g/mol.